The fraction of sp³-hybridized carbons (Fsp3) is 0.300. The fourth-order valence-corrected chi connectivity index (χ4v) is 4.87. The smallest absolute Gasteiger partial charge is 0.251 e. The first-order chi connectivity index (χ1) is 15.0. The second-order valence-electron chi connectivity index (χ2n) is 7.02. The number of ether oxygens (including phenoxy) is 1. The lowest BCUT2D eigenvalue weighted by Gasteiger charge is -2.15. The van der Waals surface area contributed by atoms with Crippen molar-refractivity contribution < 1.29 is 17.9 Å². The van der Waals surface area contributed by atoms with E-state index < -0.39 is 10.0 Å². The minimum absolute atomic E-state index is 0.103. The third kappa shape index (κ3) is 4.42. The summed E-state index contributed by atoms with van der Waals surface area (Å²) in [6.07, 6.45) is 1.74. The van der Waals surface area contributed by atoms with Crippen molar-refractivity contribution in [1.29, 1.82) is 0 Å². The van der Waals surface area contributed by atoms with E-state index in [0.29, 0.717) is 30.2 Å². The van der Waals surface area contributed by atoms with Crippen LogP contribution in [0.5, 0.6) is 5.75 Å². The van der Waals surface area contributed by atoms with Crippen molar-refractivity contribution in [1.82, 2.24) is 29.8 Å². The highest BCUT2D eigenvalue weighted by atomic mass is 32.2. The van der Waals surface area contributed by atoms with Crippen LogP contribution in [0.4, 0.5) is 0 Å². The molecule has 0 unspecified atom stereocenters. The first-order valence-electron chi connectivity index (χ1n) is 9.79. The summed E-state index contributed by atoms with van der Waals surface area (Å²) < 4.78 is 33.3. The van der Waals surface area contributed by atoms with Gasteiger partial charge in [0, 0.05) is 18.7 Å². The maximum absolute atomic E-state index is 12.6. The number of methoxy groups -OCH3 is 1. The SMILES string of the molecule is COc1ccc(-n2nnnc2CNC(=O)c2ccc(S(=O)(=O)N3CCCC3)cc2)cc1. The average molecular weight is 443 g/mol. The Hall–Kier alpha value is -3.31. The van der Waals surface area contributed by atoms with E-state index in [2.05, 4.69) is 20.8 Å². The third-order valence-corrected chi connectivity index (χ3v) is 6.99. The zero-order valence-corrected chi connectivity index (χ0v) is 17.7. The van der Waals surface area contributed by atoms with E-state index in [1.165, 1.54) is 33.3 Å². The van der Waals surface area contributed by atoms with Crippen LogP contribution in [0.3, 0.4) is 0 Å². The van der Waals surface area contributed by atoms with E-state index in [9.17, 15) is 13.2 Å². The van der Waals surface area contributed by atoms with E-state index in [0.717, 1.165) is 18.5 Å². The molecule has 1 aliphatic heterocycles. The van der Waals surface area contributed by atoms with Gasteiger partial charge in [0.2, 0.25) is 10.0 Å². The van der Waals surface area contributed by atoms with Crippen LogP contribution < -0.4 is 10.1 Å². The van der Waals surface area contributed by atoms with Crippen LogP contribution in [-0.4, -0.2) is 59.0 Å². The van der Waals surface area contributed by atoms with Gasteiger partial charge in [-0.25, -0.2) is 8.42 Å². The predicted molar refractivity (Wildman–Crippen MR) is 111 cm³/mol. The largest absolute Gasteiger partial charge is 0.497 e. The molecule has 31 heavy (non-hydrogen) atoms. The van der Waals surface area contributed by atoms with Gasteiger partial charge < -0.3 is 10.1 Å². The number of hydrogen-bond acceptors (Lipinski definition) is 7. The Kier molecular flexibility index (Phi) is 5.96. The zero-order valence-electron chi connectivity index (χ0n) is 16.9. The van der Waals surface area contributed by atoms with Crippen molar-refractivity contribution in [2.45, 2.75) is 24.3 Å². The second-order valence-corrected chi connectivity index (χ2v) is 8.96. The Bertz CT molecular complexity index is 1150. The lowest BCUT2D eigenvalue weighted by atomic mass is 10.2. The summed E-state index contributed by atoms with van der Waals surface area (Å²) in [4.78, 5) is 12.7. The molecule has 2 heterocycles. The van der Waals surface area contributed by atoms with Crippen LogP contribution in [0.1, 0.15) is 29.0 Å². The highest BCUT2D eigenvalue weighted by Crippen LogP contribution is 2.21. The molecular formula is C20H22N6O4S. The highest BCUT2D eigenvalue weighted by molar-refractivity contribution is 7.89. The van der Waals surface area contributed by atoms with E-state index in [-0.39, 0.29) is 17.3 Å². The van der Waals surface area contributed by atoms with E-state index in [4.69, 9.17) is 4.74 Å². The van der Waals surface area contributed by atoms with Crippen molar-refractivity contribution in [3.8, 4) is 11.4 Å². The number of carbonyl (C=O) groups excluding carboxylic acids is 1. The van der Waals surface area contributed by atoms with Gasteiger partial charge in [-0.15, -0.1) is 5.10 Å². The Morgan fingerprint density at radius 2 is 1.74 bits per heavy atom. The van der Waals surface area contributed by atoms with Crippen LogP contribution in [0.2, 0.25) is 0 Å². The Labute approximate surface area is 179 Å². The minimum Gasteiger partial charge on any atom is -0.497 e. The Morgan fingerprint density at radius 3 is 2.39 bits per heavy atom. The van der Waals surface area contributed by atoms with Gasteiger partial charge in [-0.05, 0) is 71.8 Å². The summed E-state index contributed by atoms with van der Waals surface area (Å²) in [5.74, 6) is 0.808. The number of nitrogens with one attached hydrogen (secondary N) is 1. The van der Waals surface area contributed by atoms with Crippen LogP contribution >= 0.6 is 0 Å². The molecule has 0 radical (unpaired) electrons. The zero-order chi connectivity index (χ0) is 21.8. The molecule has 10 nitrogen and oxygen atoms in total. The molecule has 1 N–H and O–H groups in total. The lowest BCUT2D eigenvalue weighted by Crippen LogP contribution is -2.28. The average Bonchev–Trinajstić information content (AvgIpc) is 3.50. The molecule has 11 heteroatoms. The van der Waals surface area contributed by atoms with Crippen molar-refractivity contribution >= 4 is 15.9 Å². The number of hydrogen-bond donors (Lipinski definition) is 1. The number of aromatic nitrogens is 4. The molecule has 4 rings (SSSR count). The number of sulfonamides is 1. The summed E-state index contributed by atoms with van der Waals surface area (Å²) >= 11 is 0. The van der Waals surface area contributed by atoms with Gasteiger partial charge >= 0.3 is 0 Å². The summed E-state index contributed by atoms with van der Waals surface area (Å²) in [5, 5.41) is 14.4. The van der Waals surface area contributed by atoms with E-state index >= 15 is 0 Å². The number of amides is 1. The quantitative estimate of drug-likeness (QED) is 0.587. The van der Waals surface area contributed by atoms with Gasteiger partial charge in [0.1, 0.15) is 5.75 Å². The van der Waals surface area contributed by atoms with Crippen LogP contribution in [-0.2, 0) is 16.6 Å². The van der Waals surface area contributed by atoms with Crippen LogP contribution in [0.15, 0.2) is 53.4 Å². The number of rotatable bonds is 7. The molecule has 1 fully saturated rings. The maximum Gasteiger partial charge on any atom is 0.251 e. The van der Waals surface area contributed by atoms with Crippen molar-refractivity contribution in [3.05, 3.63) is 59.9 Å². The van der Waals surface area contributed by atoms with E-state index in [1.807, 2.05) is 0 Å². The number of nitrogens with zero attached hydrogens (tertiary/aromatic N) is 5. The lowest BCUT2D eigenvalue weighted by molar-refractivity contribution is 0.0949. The van der Waals surface area contributed by atoms with Crippen LogP contribution in [0.25, 0.3) is 5.69 Å². The van der Waals surface area contributed by atoms with Gasteiger partial charge in [0.15, 0.2) is 5.82 Å². The number of tetrazole rings is 1. The molecule has 0 bridgehead atoms. The molecule has 1 saturated heterocycles. The molecular weight excluding hydrogens is 420 g/mol. The van der Waals surface area contributed by atoms with Gasteiger partial charge in [0.25, 0.3) is 5.91 Å². The number of carbonyl (C=O) groups is 1. The molecule has 1 amide bonds. The molecule has 0 spiro atoms. The normalized spacial score (nSPS) is 14.5. The van der Waals surface area contributed by atoms with Gasteiger partial charge in [-0.2, -0.15) is 8.99 Å². The maximum atomic E-state index is 12.6. The molecule has 1 aromatic heterocycles. The van der Waals surface area contributed by atoms with Gasteiger partial charge in [0.05, 0.1) is 24.2 Å². The van der Waals surface area contributed by atoms with Crippen molar-refractivity contribution in [2.75, 3.05) is 20.2 Å². The topological polar surface area (TPSA) is 119 Å². The molecule has 162 valence electrons. The molecule has 0 atom stereocenters. The first kappa shape index (κ1) is 20.9. The molecule has 1 aliphatic rings. The molecule has 3 aromatic rings. The van der Waals surface area contributed by atoms with Crippen LogP contribution in [0, 0.1) is 0 Å². The first-order valence-corrected chi connectivity index (χ1v) is 11.2. The summed E-state index contributed by atoms with van der Waals surface area (Å²) in [6.45, 7) is 1.17. The number of benzene rings is 2. The van der Waals surface area contributed by atoms with Gasteiger partial charge in [-0.3, -0.25) is 4.79 Å². The van der Waals surface area contributed by atoms with Crippen molar-refractivity contribution in [3.63, 3.8) is 0 Å². The Balaban J connectivity index is 1.42. The van der Waals surface area contributed by atoms with Gasteiger partial charge in [-0.1, -0.05) is 0 Å². The standard InChI is InChI=1S/C20H22N6O4S/c1-30-17-8-6-16(7-9-17)26-19(22-23-24-26)14-21-20(27)15-4-10-18(11-5-15)31(28,29)25-12-2-3-13-25/h4-11H,2-3,12-14H2,1H3,(H,21,27). The summed E-state index contributed by atoms with van der Waals surface area (Å²) in [6, 6.07) is 13.1. The third-order valence-electron chi connectivity index (χ3n) is 5.08. The molecule has 0 aliphatic carbocycles. The Morgan fingerprint density at radius 1 is 1.06 bits per heavy atom. The predicted octanol–water partition coefficient (Wildman–Crippen LogP) is 1.39. The molecule has 2 aromatic carbocycles. The molecule has 0 saturated carbocycles. The van der Waals surface area contributed by atoms with E-state index in [1.54, 1.807) is 31.4 Å². The highest BCUT2D eigenvalue weighted by Gasteiger charge is 2.27. The fourth-order valence-electron chi connectivity index (χ4n) is 3.36. The summed E-state index contributed by atoms with van der Waals surface area (Å²) in [5.41, 5.74) is 1.08. The monoisotopic (exact) mass is 442 g/mol. The summed E-state index contributed by atoms with van der Waals surface area (Å²) in [7, 11) is -1.92. The van der Waals surface area contributed by atoms with Crippen molar-refractivity contribution in [2.24, 2.45) is 0 Å². The minimum atomic E-state index is -3.51. The second kappa shape index (κ2) is 8.82.